The van der Waals surface area contributed by atoms with Gasteiger partial charge in [-0.3, -0.25) is 10.1 Å². The van der Waals surface area contributed by atoms with Gasteiger partial charge in [-0.25, -0.2) is 9.59 Å². The van der Waals surface area contributed by atoms with Gasteiger partial charge in [0.15, 0.2) is 6.10 Å². The van der Waals surface area contributed by atoms with Crippen LogP contribution >= 0.6 is 0 Å². The first-order valence-corrected chi connectivity index (χ1v) is 7.11. The molecule has 22 heavy (non-hydrogen) atoms. The van der Waals surface area contributed by atoms with Crippen LogP contribution in [0.25, 0.3) is 0 Å². The van der Waals surface area contributed by atoms with E-state index in [2.05, 4.69) is 0 Å². The largest absolute Gasteiger partial charge is 0.463 e. The molecule has 1 aromatic rings. The van der Waals surface area contributed by atoms with Gasteiger partial charge in [-0.05, 0) is 25.0 Å². The molecule has 120 valence electrons. The molecule has 0 aromatic heterocycles. The van der Waals surface area contributed by atoms with Crippen LogP contribution in [0.1, 0.15) is 43.5 Å². The standard InChI is InChI=1S/C15H19NO6/c1-3-5-10-21-15(18)13(4-2)22-14(17)11-6-8-12(9-7-11)16(19)20/h6-9,13H,3-5,10H2,1-2H3. The number of carbonyl (C=O) groups excluding carboxylic acids is 2. The summed E-state index contributed by atoms with van der Waals surface area (Å²) in [6, 6.07) is 4.99. The third kappa shape index (κ3) is 5.16. The summed E-state index contributed by atoms with van der Waals surface area (Å²) in [7, 11) is 0. The number of carbonyl (C=O) groups is 2. The van der Waals surface area contributed by atoms with Crippen LogP contribution in [-0.4, -0.2) is 29.6 Å². The molecule has 0 bridgehead atoms. The van der Waals surface area contributed by atoms with E-state index in [0.717, 1.165) is 12.8 Å². The zero-order chi connectivity index (χ0) is 16.5. The van der Waals surface area contributed by atoms with Gasteiger partial charge in [-0.1, -0.05) is 20.3 Å². The third-order valence-electron chi connectivity index (χ3n) is 2.94. The van der Waals surface area contributed by atoms with Gasteiger partial charge in [0.2, 0.25) is 0 Å². The Morgan fingerprint density at radius 2 is 1.86 bits per heavy atom. The molecule has 0 N–H and O–H groups in total. The number of nitro benzene ring substituents is 1. The Balaban J connectivity index is 2.64. The number of nitrogens with zero attached hydrogens (tertiary/aromatic N) is 1. The smallest absolute Gasteiger partial charge is 0.347 e. The molecule has 0 saturated carbocycles. The number of ether oxygens (including phenoxy) is 2. The molecule has 1 unspecified atom stereocenters. The van der Waals surface area contributed by atoms with E-state index in [1.165, 1.54) is 24.3 Å². The molecule has 0 aliphatic heterocycles. The Hall–Kier alpha value is -2.44. The maximum absolute atomic E-state index is 11.9. The second kappa shape index (κ2) is 8.76. The molecule has 1 rings (SSSR count). The Morgan fingerprint density at radius 1 is 1.23 bits per heavy atom. The van der Waals surface area contributed by atoms with Gasteiger partial charge >= 0.3 is 11.9 Å². The van der Waals surface area contributed by atoms with Crippen molar-refractivity contribution in [1.29, 1.82) is 0 Å². The van der Waals surface area contributed by atoms with E-state index in [1.807, 2.05) is 6.92 Å². The van der Waals surface area contributed by atoms with Gasteiger partial charge in [0.05, 0.1) is 17.1 Å². The number of benzene rings is 1. The SMILES string of the molecule is CCCCOC(=O)C(CC)OC(=O)c1ccc([N+](=O)[O-])cc1. The number of nitro groups is 1. The summed E-state index contributed by atoms with van der Waals surface area (Å²) in [5, 5.41) is 10.5. The van der Waals surface area contributed by atoms with E-state index < -0.39 is 23.0 Å². The summed E-state index contributed by atoms with van der Waals surface area (Å²) in [4.78, 5) is 33.7. The van der Waals surface area contributed by atoms with Gasteiger partial charge in [0.25, 0.3) is 5.69 Å². The summed E-state index contributed by atoms with van der Waals surface area (Å²) in [6.07, 6.45) is 0.967. The lowest BCUT2D eigenvalue weighted by Gasteiger charge is -2.15. The Morgan fingerprint density at radius 3 is 2.36 bits per heavy atom. The van der Waals surface area contributed by atoms with Crippen molar-refractivity contribution >= 4 is 17.6 Å². The molecule has 1 atom stereocenters. The van der Waals surface area contributed by atoms with Crippen LogP contribution < -0.4 is 0 Å². The predicted molar refractivity (Wildman–Crippen MR) is 78.5 cm³/mol. The van der Waals surface area contributed by atoms with E-state index in [9.17, 15) is 19.7 Å². The Bertz CT molecular complexity index is 525. The lowest BCUT2D eigenvalue weighted by Crippen LogP contribution is -2.29. The Labute approximate surface area is 128 Å². The fraction of sp³-hybridized carbons (Fsp3) is 0.467. The molecule has 7 heteroatoms. The van der Waals surface area contributed by atoms with Crippen LogP contribution in [0.3, 0.4) is 0 Å². The highest BCUT2D eigenvalue weighted by Crippen LogP contribution is 2.14. The van der Waals surface area contributed by atoms with Crippen molar-refractivity contribution in [3.05, 3.63) is 39.9 Å². The van der Waals surface area contributed by atoms with E-state index >= 15 is 0 Å². The lowest BCUT2D eigenvalue weighted by molar-refractivity contribution is -0.384. The van der Waals surface area contributed by atoms with Crippen LogP contribution in [0.15, 0.2) is 24.3 Å². The van der Waals surface area contributed by atoms with Crippen LogP contribution in [-0.2, 0) is 14.3 Å². The van der Waals surface area contributed by atoms with Gasteiger partial charge in [-0.2, -0.15) is 0 Å². The molecule has 0 saturated heterocycles. The van der Waals surface area contributed by atoms with Gasteiger partial charge in [-0.15, -0.1) is 0 Å². The Kier molecular flexibility index (Phi) is 7.01. The van der Waals surface area contributed by atoms with Crippen molar-refractivity contribution in [2.45, 2.75) is 39.2 Å². The zero-order valence-corrected chi connectivity index (χ0v) is 12.6. The number of rotatable bonds is 8. The summed E-state index contributed by atoms with van der Waals surface area (Å²) in [6.45, 7) is 3.97. The normalized spacial score (nSPS) is 11.5. The predicted octanol–water partition coefficient (Wildman–Crippen LogP) is 2.87. The minimum Gasteiger partial charge on any atom is -0.463 e. The van der Waals surface area contributed by atoms with Crippen LogP contribution in [0.2, 0.25) is 0 Å². The first-order valence-electron chi connectivity index (χ1n) is 7.11. The van der Waals surface area contributed by atoms with Crippen molar-refractivity contribution in [2.75, 3.05) is 6.61 Å². The molecule has 0 aliphatic rings. The van der Waals surface area contributed by atoms with E-state index in [0.29, 0.717) is 13.0 Å². The van der Waals surface area contributed by atoms with Crippen molar-refractivity contribution in [1.82, 2.24) is 0 Å². The molecular weight excluding hydrogens is 290 g/mol. The molecule has 0 aliphatic carbocycles. The second-order valence-corrected chi connectivity index (χ2v) is 4.63. The van der Waals surface area contributed by atoms with E-state index in [-0.39, 0.29) is 11.3 Å². The lowest BCUT2D eigenvalue weighted by atomic mass is 10.2. The molecule has 0 amide bonds. The topological polar surface area (TPSA) is 95.7 Å². The minimum atomic E-state index is -0.973. The second-order valence-electron chi connectivity index (χ2n) is 4.63. The number of hydrogen-bond acceptors (Lipinski definition) is 6. The highest BCUT2D eigenvalue weighted by molar-refractivity contribution is 5.91. The third-order valence-corrected chi connectivity index (χ3v) is 2.94. The number of unbranched alkanes of at least 4 members (excludes halogenated alkanes) is 1. The van der Waals surface area contributed by atoms with Gasteiger partial charge < -0.3 is 9.47 Å². The average molecular weight is 309 g/mol. The summed E-state index contributed by atoms with van der Waals surface area (Å²) >= 11 is 0. The minimum absolute atomic E-state index is 0.123. The van der Waals surface area contributed by atoms with Crippen molar-refractivity contribution < 1.29 is 24.0 Å². The quantitative estimate of drug-likeness (QED) is 0.317. The maximum atomic E-state index is 11.9. The number of hydrogen-bond donors (Lipinski definition) is 0. The maximum Gasteiger partial charge on any atom is 0.347 e. The molecule has 0 heterocycles. The fourth-order valence-electron chi connectivity index (χ4n) is 1.62. The van der Waals surface area contributed by atoms with Crippen LogP contribution in [0.5, 0.6) is 0 Å². The fourth-order valence-corrected chi connectivity index (χ4v) is 1.62. The first-order chi connectivity index (χ1) is 10.5. The monoisotopic (exact) mass is 309 g/mol. The first kappa shape index (κ1) is 17.6. The van der Waals surface area contributed by atoms with Crippen molar-refractivity contribution in [2.24, 2.45) is 0 Å². The van der Waals surface area contributed by atoms with Crippen molar-refractivity contribution in [3.8, 4) is 0 Å². The zero-order valence-electron chi connectivity index (χ0n) is 12.6. The number of esters is 2. The molecule has 0 radical (unpaired) electrons. The molecule has 7 nitrogen and oxygen atoms in total. The summed E-state index contributed by atoms with van der Waals surface area (Å²) in [5.74, 6) is -1.29. The van der Waals surface area contributed by atoms with E-state index in [4.69, 9.17) is 9.47 Å². The molecular formula is C15H19NO6. The summed E-state index contributed by atoms with van der Waals surface area (Å²) in [5.41, 5.74) is 0.0213. The van der Waals surface area contributed by atoms with Crippen LogP contribution in [0, 0.1) is 10.1 Å². The van der Waals surface area contributed by atoms with Crippen molar-refractivity contribution in [3.63, 3.8) is 0 Å². The number of non-ortho nitro benzene ring substituents is 1. The van der Waals surface area contributed by atoms with Gasteiger partial charge in [0.1, 0.15) is 0 Å². The highest BCUT2D eigenvalue weighted by Gasteiger charge is 2.23. The van der Waals surface area contributed by atoms with E-state index in [1.54, 1.807) is 6.92 Å². The molecule has 1 aromatic carbocycles. The highest BCUT2D eigenvalue weighted by atomic mass is 16.6. The molecule has 0 fully saturated rings. The van der Waals surface area contributed by atoms with Crippen LogP contribution in [0.4, 0.5) is 5.69 Å². The summed E-state index contributed by atoms with van der Waals surface area (Å²) < 4.78 is 10.1. The van der Waals surface area contributed by atoms with Gasteiger partial charge in [0, 0.05) is 12.1 Å². The molecule has 0 spiro atoms. The average Bonchev–Trinajstić information content (AvgIpc) is 2.52.